The molecule has 17 heavy (non-hydrogen) atoms. The van der Waals surface area contributed by atoms with Gasteiger partial charge in [0.2, 0.25) is 5.91 Å². The first-order valence-electron chi connectivity index (χ1n) is 5.43. The lowest BCUT2D eigenvalue weighted by molar-refractivity contribution is -0.121. The SMILES string of the molecule is Cc1nc(Cl)cc(=O)n1CCC(=O)NC(C)C. The summed E-state index contributed by atoms with van der Waals surface area (Å²) in [5.41, 5.74) is -0.236. The largest absolute Gasteiger partial charge is 0.354 e. The standard InChI is InChI=1S/C11H16ClN3O2/c1-7(2)13-10(16)4-5-15-8(3)14-9(12)6-11(15)17/h6-7H,4-5H2,1-3H3,(H,13,16). The van der Waals surface area contributed by atoms with Gasteiger partial charge in [-0.05, 0) is 20.8 Å². The summed E-state index contributed by atoms with van der Waals surface area (Å²) in [5.74, 6) is 0.432. The Balaban J connectivity index is 2.70. The zero-order valence-electron chi connectivity index (χ0n) is 10.2. The fraction of sp³-hybridized carbons (Fsp3) is 0.545. The Kier molecular flexibility index (Phi) is 4.69. The minimum absolute atomic E-state index is 0.0822. The summed E-state index contributed by atoms with van der Waals surface area (Å²) in [6, 6.07) is 1.35. The Morgan fingerprint density at radius 1 is 1.59 bits per heavy atom. The van der Waals surface area contributed by atoms with Crippen molar-refractivity contribution in [2.45, 2.75) is 39.8 Å². The summed E-state index contributed by atoms with van der Waals surface area (Å²) >= 11 is 5.65. The highest BCUT2D eigenvalue weighted by Gasteiger charge is 2.07. The van der Waals surface area contributed by atoms with Crippen molar-refractivity contribution in [1.82, 2.24) is 14.9 Å². The van der Waals surface area contributed by atoms with Crippen LogP contribution >= 0.6 is 11.6 Å². The van der Waals surface area contributed by atoms with Crippen LogP contribution < -0.4 is 10.9 Å². The van der Waals surface area contributed by atoms with E-state index in [9.17, 15) is 9.59 Å². The quantitative estimate of drug-likeness (QED) is 0.822. The third-order valence-corrected chi connectivity index (χ3v) is 2.37. The van der Waals surface area contributed by atoms with Crippen LogP contribution in [0.5, 0.6) is 0 Å². The lowest BCUT2D eigenvalue weighted by Crippen LogP contribution is -2.32. The van der Waals surface area contributed by atoms with E-state index in [-0.39, 0.29) is 29.1 Å². The van der Waals surface area contributed by atoms with Crippen LogP contribution in [0, 0.1) is 6.92 Å². The first-order chi connectivity index (χ1) is 7.90. The molecule has 1 amide bonds. The van der Waals surface area contributed by atoms with Crippen LogP contribution in [0.25, 0.3) is 0 Å². The number of hydrogen-bond acceptors (Lipinski definition) is 3. The molecule has 1 N–H and O–H groups in total. The summed E-state index contributed by atoms with van der Waals surface area (Å²) in [7, 11) is 0. The van der Waals surface area contributed by atoms with Crippen molar-refractivity contribution in [1.29, 1.82) is 0 Å². The van der Waals surface area contributed by atoms with E-state index < -0.39 is 0 Å². The molecule has 1 aromatic heterocycles. The van der Waals surface area contributed by atoms with Gasteiger partial charge in [0.15, 0.2) is 0 Å². The molecule has 0 bridgehead atoms. The summed E-state index contributed by atoms with van der Waals surface area (Å²) < 4.78 is 1.44. The van der Waals surface area contributed by atoms with Gasteiger partial charge >= 0.3 is 0 Å². The molecule has 0 fully saturated rings. The van der Waals surface area contributed by atoms with Crippen molar-refractivity contribution in [3.63, 3.8) is 0 Å². The molecule has 5 nitrogen and oxygen atoms in total. The zero-order valence-corrected chi connectivity index (χ0v) is 10.9. The van der Waals surface area contributed by atoms with E-state index in [0.717, 1.165) is 0 Å². The molecular weight excluding hydrogens is 242 g/mol. The topological polar surface area (TPSA) is 64.0 Å². The van der Waals surface area contributed by atoms with Gasteiger partial charge in [0.25, 0.3) is 5.56 Å². The highest BCUT2D eigenvalue weighted by atomic mass is 35.5. The molecule has 0 unspecified atom stereocenters. The van der Waals surface area contributed by atoms with Crippen LogP contribution in [-0.2, 0) is 11.3 Å². The van der Waals surface area contributed by atoms with Crippen LogP contribution in [0.3, 0.4) is 0 Å². The highest BCUT2D eigenvalue weighted by molar-refractivity contribution is 6.29. The van der Waals surface area contributed by atoms with E-state index in [4.69, 9.17) is 11.6 Å². The first-order valence-corrected chi connectivity index (χ1v) is 5.81. The van der Waals surface area contributed by atoms with Gasteiger partial charge in [0.1, 0.15) is 11.0 Å². The van der Waals surface area contributed by atoms with Crippen LogP contribution in [0.2, 0.25) is 5.15 Å². The second-order valence-corrected chi connectivity index (χ2v) is 4.48. The molecule has 0 aromatic carbocycles. The molecule has 1 rings (SSSR count). The number of nitrogens with zero attached hydrogens (tertiary/aromatic N) is 2. The maximum atomic E-state index is 11.6. The molecule has 0 saturated carbocycles. The fourth-order valence-electron chi connectivity index (χ4n) is 1.47. The molecule has 0 atom stereocenters. The molecule has 0 aliphatic carbocycles. The third kappa shape index (κ3) is 4.19. The number of rotatable bonds is 4. The van der Waals surface area contributed by atoms with Gasteiger partial charge in [-0.3, -0.25) is 14.2 Å². The average molecular weight is 258 g/mol. The number of aromatic nitrogens is 2. The number of nitrogens with one attached hydrogen (secondary N) is 1. The van der Waals surface area contributed by atoms with E-state index in [1.807, 2.05) is 13.8 Å². The van der Waals surface area contributed by atoms with Gasteiger partial charge in [0.05, 0.1) is 0 Å². The molecule has 0 aliphatic rings. The molecule has 0 saturated heterocycles. The Bertz CT molecular complexity index is 468. The van der Waals surface area contributed by atoms with E-state index in [0.29, 0.717) is 12.4 Å². The van der Waals surface area contributed by atoms with Gasteiger partial charge in [-0.25, -0.2) is 4.98 Å². The summed E-state index contributed by atoms with van der Waals surface area (Å²) in [6.07, 6.45) is 0.252. The van der Waals surface area contributed by atoms with Gasteiger partial charge in [-0.2, -0.15) is 0 Å². The molecule has 1 heterocycles. The van der Waals surface area contributed by atoms with Crippen LogP contribution in [-0.4, -0.2) is 21.5 Å². The van der Waals surface area contributed by atoms with Crippen molar-refractivity contribution in [2.24, 2.45) is 0 Å². The summed E-state index contributed by atoms with van der Waals surface area (Å²) in [6.45, 7) is 5.78. The second kappa shape index (κ2) is 5.82. The molecule has 0 aliphatic heterocycles. The maximum Gasteiger partial charge on any atom is 0.254 e. The Morgan fingerprint density at radius 2 is 2.24 bits per heavy atom. The van der Waals surface area contributed by atoms with Gasteiger partial charge in [0, 0.05) is 25.1 Å². The summed E-state index contributed by atoms with van der Waals surface area (Å²) in [4.78, 5) is 27.0. The molecule has 6 heteroatoms. The number of hydrogen-bond donors (Lipinski definition) is 1. The van der Waals surface area contributed by atoms with Crippen molar-refractivity contribution in [2.75, 3.05) is 0 Å². The Hall–Kier alpha value is -1.36. The van der Waals surface area contributed by atoms with Crippen molar-refractivity contribution < 1.29 is 4.79 Å². The number of carbonyl (C=O) groups excluding carboxylic acids is 1. The molecular formula is C11H16ClN3O2. The molecule has 0 spiro atoms. The fourth-order valence-corrected chi connectivity index (χ4v) is 1.68. The number of halogens is 1. The lowest BCUT2D eigenvalue weighted by Gasteiger charge is -2.10. The van der Waals surface area contributed by atoms with Crippen molar-refractivity contribution in [3.8, 4) is 0 Å². The molecule has 0 radical (unpaired) electrons. The van der Waals surface area contributed by atoms with E-state index in [1.165, 1.54) is 10.6 Å². The lowest BCUT2D eigenvalue weighted by atomic mass is 10.3. The number of aryl methyl sites for hydroxylation is 1. The minimum atomic E-state index is -0.236. The first kappa shape index (κ1) is 13.7. The van der Waals surface area contributed by atoms with Gasteiger partial charge in [-0.1, -0.05) is 11.6 Å². The number of carbonyl (C=O) groups is 1. The van der Waals surface area contributed by atoms with Crippen LogP contribution in [0.4, 0.5) is 0 Å². The minimum Gasteiger partial charge on any atom is -0.354 e. The predicted molar refractivity (Wildman–Crippen MR) is 66.1 cm³/mol. The Morgan fingerprint density at radius 3 is 2.76 bits per heavy atom. The van der Waals surface area contributed by atoms with E-state index >= 15 is 0 Å². The molecule has 94 valence electrons. The smallest absolute Gasteiger partial charge is 0.254 e. The third-order valence-electron chi connectivity index (χ3n) is 2.18. The van der Waals surface area contributed by atoms with E-state index in [2.05, 4.69) is 10.3 Å². The second-order valence-electron chi connectivity index (χ2n) is 4.09. The highest BCUT2D eigenvalue weighted by Crippen LogP contribution is 2.01. The van der Waals surface area contributed by atoms with Gasteiger partial charge in [-0.15, -0.1) is 0 Å². The van der Waals surface area contributed by atoms with Crippen LogP contribution in [0.15, 0.2) is 10.9 Å². The average Bonchev–Trinajstić information content (AvgIpc) is 2.14. The normalized spacial score (nSPS) is 10.6. The zero-order chi connectivity index (χ0) is 13.0. The monoisotopic (exact) mass is 257 g/mol. The summed E-state index contributed by atoms with van der Waals surface area (Å²) in [5, 5.41) is 2.94. The maximum absolute atomic E-state index is 11.6. The van der Waals surface area contributed by atoms with E-state index in [1.54, 1.807) is 6.92 Å². The predicted octanol–water partition coefficient (Wildman–Crippen LogP) is 1.12. The van der Waals surface area contributed by atoms with Crippen molar-refractivity contribution >= 4 is 17.5 Å². The van der Waals surface area contributed by atoms with Crippen LogP contribution in [0.1, 0.15) is 26.1 Å². The Labute approximate surface area is 105 Å². The number of amides is 1. The van der Waals surface area contributed by atoms with Gasteiger partial charge < -0.3 is 5.32 Å². The van der Waals surface area contributed by atoms with Crippen molar-refractivity contribution in [3.05, 3.63) is 27.4 Å². The molecule has 1 aromatic rings.